The second-order valence-electron chi connectivity index (χ2n) is 7.42. The molecule has 0 aromatic heterocycles. The van der Waals surface area contributed by atoms with Crippen molar-refractivity contribution in [2.24, 2.45) is 11.7 Å². The zero-order chi connectivity index (χ0) is 19.4. The van der Waals surface area contributed by atoms with E-state index in [1.54, 1.807) is 12.0 Å². The van der Waals surface area contributed by atoms with Crippen molar-refractivity contribution in [1.29, 1.82) is 0 Å². The van der Waals surface area contributed by atoms with E-state index in [4.69, 9.17) is 10.5 Å². The zero-order valence-corrected chi connectivity index (χ0v) is 16.0. The zero-order valence-electron chi connectivity index (χ0n) is 16.0. The summed E-state index contributed by atoms with van der Waals surface area (Å²) in [6.45, 7) is 2.55. The van der Waals surface area contributed by atoms with Gasteiger partial charge in [0.15, 0.2) is 6.54 Å². The first-order chi connectivity index (χ1) is 13.0. The van der Waals surface area contributed by atoms with Crippen molar-refractivity contribution in [3.8, 4) is 5.75 Å². The Balaban J connectivity index is 1.60. The van der Waals surface area contributed by atoms with Gasteiger partial charge in [-0.25, -0.2) is 0 Å². The number of ether oxygens (including phenoxy) is 1. The fraction of sp³-hybridized carbons (Fsp3) is 0.429. The number of carbonyl (C=O) groups excluding carboxylic acids is 2. The molecule has 1 saturated heterocycles. The van der Waals surface area contributed by atoms with E-state index in [-0.39, 0.29) is 17.7 Å². The summed E-state index contributed by atoms with van der Waals surface area (Å²) < 4.78 is 5.26. The molecule has 1 unspecified atom stereocenters. The third-order valence-corrected chi connectivity index (χ3v) is 5.38. The Morgan fingerprint density at radius 1 is 1.22 bits per heavy atom. The summed E-state index contributed by atoms with van der Waals surface area (Å²) in [5, 5.41) is 2.24. The van der Waals surface area contributed by atoms with E-state index in [1.807, 2.05) is 31.3 Å². The number of quaternary nitrogens is 1. The van der Waals surface area contributed by atoms with Crippen LogP contribution in [0.4, 0.5) is 0 Å². The summed E-state index contributed by atoms with van der Waals surface area (Å²) >= 11 is 0. The Morgan fingerprint density at radius 2 is 1.96 bits per heavy atom. The fourth-order valence-corrected chi connectivity index (χ4v) is 3.76. The molecule has 0 spiro atoms. The number of nitrogens with one attached hydrogen (secondary N) is 1. The normalized spacial score (nSPS) is 19.6. The van der Waals surface area contributed by atoms with Gasteiger partial charge in [-0.15, -0.1) is 0 Å². The first-order valence-electron chi connectivity index (χ1n) is 9.40. The molecule has 2 amide bonds. The molecule has 0 saturated carbocycles. The molecule has 2 aromatic carbocycles. The lowest BCUT2D eigenvalue weighted by molar-refractivity contribution is -0.899. The van der Waals surface area contributed by atoms with E-state index < -0.39 is 0 Å². The third-order valence-electron chi connectivity index (χ3n) is 5.38. The summed E-state index contributed by atoms with van der Waals surface area (Å²) in [6.07, 6.45) is 1.78. The molecule has 2 atom stereocenters. The highest BCUT2D eigenvalue weighted by Crippen LogP contribution is 2.22. The van der Waals surface area contributed by atoms with Crippen LogP contribution < -0.4 is 15.4 Å². The van der Waals surface area contributed by atoms with E-state index in [1.165, 1.54) is 0 Å². The van der Waals surface area contributed by atoms with Gasteiger partial charge >= 0.3 is 0 Å². The number of carbonyl (C=O) groups is 2. The summed E-state index contributed by atoms with van der Waals surface area (Å²) in [6, 6.07) is 12.2. The molecule has 1 aliphatic rings. The van der Waals surface area contributed by atoms with Gasteiger partial charge in [0.05, 0.1) is 26.1 Å². The van der Waals surface area contributed by atoms with Crippen molar-refractivity contribution >= 4 is 22.6 Å². The van der Waals surface area contributed by atoms with Gasteiger partial charge in [-0.05, 0) is 47.4 Å². The maximum Gasteiger partial charge on any atom is 0.277 e. The molecule has 1 fully saturated rings. The van der Waals surface area contributed by atoms with E-state index in [2.05, 4.69) is 12.1 Å². The van der Waals surface area contributed by atoms with Gasteiger partial charge in [0.25, 0.3) is 5.91 Å². The highest BCUT2D eigenvalue weighted by molar-refractivity contribution is 5.84. The number of nitrogens with zero attached hydrogens (tertiary/aromatic N) is 1. The molecule has 0 bridgehead atoms. The molecule has 2 aromatic rings. The molecule has 3 rings (SSSR count). The molecule has 1 heterocycles. The second-order valence-corrected chi connectivity index (χ2v) is 7.42. The quantitative estimate of drug-likeness (QED) is 0.781. The Bertz CT molecular complexity index is 837. The number of methoxy groups -OCH3 is 1. The van der Waals surface area contributed by atoms with Gasteiger partial charge in [-0.2, -0.15) is 0 Å². The second kappa shape index (κ2) is 8.39. The number of primary amides is 1. The number of nitrogens with two attached hydrogens (primary N) is 1. The SMILES string of the molecule is COc1ccc2cc(CN(C)C(=O)C[NH+]3CCC[C@@H](C(N)=O)C3)ccc2c1. The average molecular weight is 370 g/mol. The highest BCUT2D eigenvalue weighted by atomic mass is 16.5. The number of amides is 2. The van der Waals surface area contributed by atoms with Crippen LogP contribution in [0.3, 0.4) is 0 Å². The van der Waals surface area contributed by atoms with Gasteiger partial charge in [0.1, 0.15) is 5.75 Å². The van der Waals surface area contributed by atoms with Crippen LogP contribution in [0, 0.1) is 5.92 Å². The molecule has 0 radical (unpaired) electrons. The van der Waals surface area contributed by atoms with Gasteiger partial charge in [0.2, 0.25) is 5.91 Å². The molecule has 144 valence electrons. The van der Waals surface area contributed by atoms with E-state index >= 15 is 0 Å². The van der Waals surface area contributed by atoms with Crippen LogP contribution in [0.1, 0.15) is 18.4 Å². The number of likely N-dealkylation sites (N-methyl/N-ethyl adjacent to an activating group) is 1. The molecular formula is C21H28N3O3+. The summed E-state index contributed by atoms with van der Waals surface area (Å²) in [5.74, 6) is 0.566. The Hall–Kier alpha value is -2.60. The van der Waals surface area contributed by atoms with Crippen molar-refractivity contribution in [1.82, 2.24) is 4.90 Å². The Kier molecular flexibility index (Phi) is 5.96. The Labute approximate surface area is 159 Å². The van der Waals surface area contributed by atoms with Crippen LogP contribution >= 0.6 is 0 Å². The topological polar surface area (TPSA) is 77.1 Å². The van der Waals surface area contributed by atoms with Gasteiger partial charge in [-0.1, -0.05) is 18.2 Å². The molecular weight excluding hydrogens is 342 g/mol. The lowest BCUT2D eigenvalue weighted by atomic mass is 9.97. The van der Waals surface area contributed by atoms with Gasteiger partial charge in [0, 0.05) is 13.6 Å². The van der Waals surface area contributed by atoms with E-state index in [0.29, 0.717) is 19.6 Å². The molecule has 3 N–H and O–H groups in total. The molecule has 6 heteroatoms. The average Bonchev–Trinajstić information content (AvgIpc) is 2.67. The smallest absolute Gasteiger partial charge is 0.277 e. The van der Waals surface area contributed by atoms with Crippen LogP contribution in [-0.2, 0) is 16.1 Å². The Morgan fingerprint density at radius 3 is 2.70 bits per heavy atom. The minimum absolute atomic E-state index is 0.0879. The maximum absolute atomic E-state index is 12.6. The highest BCUT2D eigenvalue weighted by Gasteiger charge is 2.29. The van der Waals surface area contributed by atoms with Gasteiger partial charge in [-0.3, -0.25) is 9.59 Å². The minimum Gasteiger partial charge on any atom is -0.497 e. The molecule has 1 aliphatic heterocycles. The summed E-state index contributed by atoms with van der Waals surface area (Å²) in [5.41, 5.74) is 6.52. The molecule has 6 nitrogen and oxygen atoms in total. The van der Waals surface area contributed by atoms with Crippen LogP contribution in [0.2, 0.25) is 0 Å². The maximum atomic E-state index is 12.6. The molecule has 0 aliphatic carbocycles. The lowest BCUT2D eigenvalue weighted by Crippen LogP contribution is -3.14. The third kappa shape index (κ3) is 4.77. The monoisotopic (exact) mass is 370 g/mol. The standard InChI is InChI=1S/C21H27N3O3/c1-23(20(25)14-24-9-3-4-18(13-24)21(22)26)12-15-5-6-17-11-19(27-2)8-7-16(17)10-15/h5-8,10-11,18H,3-4,9,12-14H2,1-2H3,(H2,22,26)/p+1/t18-/m1/s1. The lowest BCUT2D eigenvalue weighted by Gasteiger charge is -2.29. The van der Waals surface area contributed by atoms with E-state index in [9.17, 15) is 9.59 Å². The number of rotatable bonds is 6. The predicted molar refractivity (Wildman–Crippen MR) is 104 cm³/mol. The number of fused-ring (bicyclic) bond motifs is 1. The van der Waals surface area contributed by atoms with Crippen molar-refractivity contribution in [3.05, 3.63) is 42.0 Å². The predicted octanol–water partition coefficient (Wildman–Crippen LogP) is 0.587. The van der Waals surface area contributed by atoms with Crippen molar-refractivity contribution in [3.63, 3.8) is 0 Å². The summed E-state index contributed by atoms with van der Waals surface area (Å²) in [4.78, 5) is 26.9. The van der Waals surface area contributed by atoms with Crippen molar-refractivity contribution < 1.29 is 19.2 Å². The fourth-order valence-electron chi connectivity index (χ4n) is 3.76. The largest absolute Gasteiger partial charge is 0.497 e. The first-order valence-corrected chi connectivity index (χ1v) is 9.40. The molecule has 27 heavy (non-hydrogen) atoms. The van der Waals surface area contributed by atoms with Gasteiger partial charge < -0.3 is 20.3 Å². The number of benzene rings is 2. The van der Waals surface area contributed by atoms with Crippen LogP contribution in [-0.4, -0.2) is 50.5 Å². The number of likely N-dealkylation sites (tertiary alicyclic amines) is 1. The van der Waals surface area contributed by atoms with E-state index in [0.717, 1.165) is 46.4 Å². The van der Waals surface area contributed by atoms with Crippen molar-refractivity contribution in [2.45, 2.75) is 19.4 Å². The van der Waals surface area contributed by atoms with Crippen LogP contribution in [0.5, 0.6) is 5.75 Å². The minimum atomic E-state index is -0.249. The number of hydrogen-bond acceptors (Lipinski definition) is 3. The number of piperidine rings is 1. The first kappa shape index (κ1) is 19.2. The summed E-state index contributed by atoms with van der Waals surface area (Å²) in [7, 11) is 3.49. The van der Waals surface area contributed by atoms with Crippen molar-refractivity contribution in [2.75, 3.05) is 33.8 Å². The van der Waals surface area contributed by atoms with Crippen LogP contribution in [0.15, 0.2) is 36.4 Å². The number of hydrogen-bond donors (Lipinski definition) is 2. The van der Waals surface area contributed by atoms with Crippen LogP contribution in [0.25, 0.3) is 10.8 Å².